The van der Waals surface area contributed by atoms with Crippen molar-refractivity contribution in [3.05, 3.63) is 58.1 Å². The molecule has 0 spiro atoms. The summed E-state index contributed by atoms with van der Waals surface area (Å²) in [6, 6.07) is 14.9. The molecular weight excluding hydrogens is 469 g/mol. The fourth-order valence-electron chi connectivity index (χ4n) is 4.93. The standard InChI is InChI=1S/C26H31Cl2N5O/c27-23-5-2-6-24(25(23)28)33-15-13-32(14-16-33)12-11-19-7-9-21(10-8-19)30-26(34)31-22-4-1-3-20(17-22)18-29/h1-6,17,19,21H,7-16H2,(H2,30,31,34)/t19-,21-. The molecule has 6 nitrogen and oxygen atoms in total. The van der Waals surface area contributed by atoms with Gasteiger partial charge in [0.15, 0.2) is 0 Å². The number of nitriles is 1. The second-order valence-corrected chi connectivity index (χ2v) is 9.98. The van der Waals surface area contributed by atoms with E-state index in [1.54, 1.807) is 24.3 Å². The summed E-state index contributed by atoms with van der Waals surface area (Å²) in [5, 5.41) is 16.2. The van der Waals surface area contributed by atoms with Crippen molar-refractivity contribution < 1.29 is 4.79 Å². The maximum Gasteiger partial charge on any atom is 0.319 e. The van der Waals surface area contributed by atoms with Gasteiger partial charge >= 0.3 is 6.03 Å². The first-order valence-electron chi connectivity index (χ1n) is 12.0. The molecule has 180 valence electrons. The maximum absolute atomic E-state index is 12.3. The molecule has 1 heterocycles. The van der Waals surface area contributed by atoms with Crippen molar-refractivity contribution in [2.45, 2.75) is 38.1 Å². The van der Waals surface area contributed by atoms with E-state index in [-0.39, 0.29) is 12.1 Å². The van der Waals surface area contributed by atoms with Crippen molar-refractivity contribution in [3.63, 3.8) is 0 Å². The van der Waals surface area contributed by atoms with Crippen LogP contribution in [0.2, 0.25) is 10.0 Å². The van der Waals surface area contributed by atoms with Gasteiger partial charge in [-0.2, -0.15) is 5.26 Å². The third-order valence-electron chi connectivity index (χ3n) is 6.93. The number of amides is 2. The maximum atomic E-state index is 12.3. The molecule has 8 heteroatoms. The van der Waals surface area contributed by atoms with Gasteiger partial charge in [-0.1, -0.05) is 35.3 Å². The van der Waals surface area contributed by atoms with Crippen molar-refractivity contribution in [1.82, 2.24) is 10.2 Å². The molecule has 0 radical (unpaired) electrons. The third kappa shape index (κ3) is 6.56. The van der Waals surface area contributed by atoms with Gasteiger partial charge in [-0.3, -0.25) is 4.90 Å². The molecule has 0 atom stereocenters. The number of piperazine rings is 1. The van der Waals surface area contributed by atoms with Crippen molar-refractivity contribution in [2.75, 3.05) is 42.9 Å². The van der Waals surface area contributed by atoms with Crippen molar-refractivity contribution in [3.8, 4) is 6.07 Å². The zero-order valence-electron chi connectivity index (χ0n) is 19.3. The average Bonchev–Trinajstić information content (AvgIpc) is 2.86. The van der Waals surface area contributed by atoms with Crippen LogP contribution in [-0.4, -0.2) is 49.7 Å². The van der Waals surface area contributed by atoms with Crippen LogP contribution in [0.25, 0.3) is 0 Å². The lowest BCUT2D eigenvalue weighted by atomic mass is 9.84. The van der Waals surface area contributed by atoms with Gasteiger partial charge in [0.1, 0.15) is 0 Å². The molecule has 2 aromatic rings. The number of hydrogen-bond acceptors (Lipinski definition) is 4. The van der Waals surface area contributed by atoms with Gasteiger partial charge in [-0.25, -0.2) is 4.79 Å². The highest BCUT2D eigenvalue weighted by atomic mass is 35.5. The summed E-state index contributed by atoms with van der Waals surface area (Å²) >= 11 is 12.6. The second kappa shape index (κ2) is 11.8. The summed E-state index contributed by atoms with van der Waals surface area (Å²) in [6.45, 7) is 5.11. The Labute approximate surface area is 211 Å². The van der Waals surface area contributed by atoms with E-state index in [1.165, 1.54) is 6.42 Å². The first-order chi connectivity index (χ1) is 16.5. The molecule has 1 aliphatic heterocycles. The minimum atomic E-state index is -0.198. The Kier molecular flexibility index (Phi) is 8.55. The molecule has 0 aromatic heterocycles. The molecule has 2 amide bonds. The van der Waals surface area contributed by atoms with Crippen LogP contribution < -0.4 is 15.5 Å². The van der Waals surface area contributed by atoms with Crippen LogP contribution >= 0.6 is 23.2 Å². The number of nitrogens with one attached hydrogen (secondary N) is 2. The molecule has 2 fully saturated rings. The Morgan fingerprint density at radius 2 is 1.76 bits per heavy atom. The molecule has 1 saturated carbocycles. The van der Waals surface area contributed by atoms with E-state index in [0.717, 1.165) is 64.1 Å². The Bertz CT molecular complexity index is 1020. The summed E-state index contributed by atoms with van der Waals surface area (Å²) in [5.41, 5.74) is 2.21. The highest BCUT2D eigenvalue weighted by Crippen LogP contribution is 2.33. The van der Waals surface area contributed by atoms with Crippen LogP contribution in [0.15, 0.2) is 42.5 Å². The highest BCUT2D eigenvalue weighted by molar-refractivity contribution is 6.43. The first-order valence-corrected chi connectivity index (χ1v) is 12.8. The van der Waals surface area contributed by atoms with Gasteiger partial charge in [0.2, 0.25) is 0 Å². The van der Waals surface area contributed by atoms with E-state index in [2.05, 4.69) is 26.5 Å². The SMILES string of the molecule is N#Cc1cccc(NC(=O)N[C@H]2CC[C@H](CCN3CCN(c4cccc(Cl)c4Cl)CC3)CC2)c1. The Morgan fingerprint density at radius 3 is 2.50 bits per heavy atom. The van der Waals surface area contributed by atoms with E-state index < -0.39 is 0 Å². The zero-order valence-corrected chi connectivity index (χ0v) is 20.8. The van der Waals surface area contributed by atoms with Crippen molar-refractivity contribution in [2.24, 2.45) is 5.92 Å². The predicted octanol–water partition coefficient (Wildman–Crippen LogP) is 5.76. The Balaban J connectivity index is 1.14. The van der Waals surface area contributed by atoms with Crippen LogP contribution in [-0.2, 0) is 0 Å². The van der Waals surface area contributed by atoms with Gasteiger partial charge in [0.25, 0.3) is 0 Å². The third-order valence-corrected chi connectivity index (χ3v) is 7.74. The van der Waals surface area contributed by atoms with Crippen molar-refractivity contribution >= 4 is 40.6 Å². The number of rotatable bonds is 6. The van der Waals surface area contributed by atoms with E-state index in [0.29, 0.717) is 27.2 Å². The molecule has 34 heavy (non-hydrogen) atoms. The second-order valence-electron chi connectivity index (χ2n) is 9.20. The van der Waals surface area contributed by atoms with Crippen LogP contribution in [0, 0.1) is 17.2 Å². The summed E-state index contributed by atoms with van der Waals surface area (Å²) in [5.74, 6) is 0.717. The number of hydrogen-bond donors (Lipinski definition) is 2. The van der Waals surface area contributed by atoms with E-state index in [1.807, 2.05) is 18.2 Å². The lowest BCUT2D eigenvalue weighted by Crippen LogP contribution is -2.47. The monoisotopic (exact) mass is 499 g/mol. The van der Waals surface area contributed by atoms with Crippen molar-refractivity contribution in [1.29, 1.82) is 5.26 Å². The lowest BCUT2D eigenvalue weighted by molar-refractivity contribution is 0.208. The van der Waals surface area contributed by atoms with E-state index >= 15 is 0 Å². The Morgan fingerprint density at radius 1 is 1.03 bits per heavy atom. The minimum absolute atomic E-state index is 0.198. The fourth-order valence-corrected chi connectivity index (χ4v) is 5.34. The molecule has 1 aliphatic carbocycles. The molecule has 0 bridgehead atoms. The molecule has 1 saturated heterocycles. The minimum Gasteiger partial charge on any atom is -0.368 e. The van der Waals surface area contributed by atoms with E-state index in [9.17, 15) is 4.79 Å². The van der Waals surface area contributed by atoms with Crippen LogP contribution in [0.4, 0.5) is 16.2 Å². The quantitative estimate of drug-likeness (QED) is 0.529. The number of nitrogens with zero attached hydrogens (tertiary/aromatic N) is 3. The zero-order chi connectivity index (χ0) is 23.9. The van der Waals surface area contributed by atoms with Gasteiger partial charge in [0.05, 0.1) is 27.4 Å². The molecule has 2 N–H and O–H groups in total. The highest BCUT2D eigenvalue weighted by Gasteiger charge is 2.24. The fraction of sp³-hybridized carbons (Fsp3) is 0.462. The smallest absolute Gasteiger partial charge is 0.319 e. The topological polar surface area (TPSA) is 71.4 Å². The average molecular weight is 500 g/mol. The summed E-state index contributed by atoms with van der Waals surface area (Å²) in [6.07, 6.45) is 5.52. The number of benzene rings is 2. The Hall–Kier alpha value is -2.46. The molecule has 0 unspecified atom stereocenters. The summed E-state index contributed by atoms with van der Waals surface area (Å²) in [7, 11) is 0. The van der Waals surface area contributed by atoms with Gasteiger partial charge in [-0.15, -0.1) is 0 Å². The predicted molar refractivity (Wildman–Crippen MR) is 139 cm³/mol. The van der Waals surface area contributed by atoms with Gasteiger partial charge in [0, 0.05) is 37.9 Å². The molecular formula is C26H31Cl2N5O. The summed E-state index contributed by atoms with van der Waals surface area (Å²) < 4.78 is 0. The molecule has 4 rings (SSSR count). The summed E-state index contributed by atoms with van der Waals surface area (Å²) in [4.78, 5) is 17.2. The van der Waals surface area contributed by atoms with E-state index in [4.69, 9.17) is 28.5 Å². The van der Waals surface area contributed by atoms with Crippen LogP contribution in [0.5, 0.6) is 0 Å². The number of urea groups is 1. The number of carbonyl (C=O) groups is 1. The van der Waals surface area contributed by atoms with Gasteiger partial charge in [-0.05, 0) is 74.9 Å². The molecule has 2 aliphatic rings. The number of halogens is 2. The van der Waals surface area contributed by atoms with Crippen LogP contribution in [0.3, 0.4) is 0 Å². The number of carbonyl (C=O) groups excluding carboxylic acids is 1. The normalized spacial score (nSPS) is 21.0. The van der Waals surface area contributed by atoms with Crippen LogP contribution in [0.1, 0.15) is 37.7 Å². The lowest BCUT2D eigenvalue weighted by Gasteiger charge is -2.37. The number of anilines is 2. The first kappa shape index (κ1) is 24.7. The largest absolute Gasteiger partial charge is 0.368 e. The molecule has 2 aromatic carbocycles. The van der Waals surface area contributed by atoms with Gasteiger partial charge < -0.3 is 15.5 Å².